The molecule has 0 bridgehead atoms. The molecule has 0 spiro atoms. The fourth-order valence-corrected chi connectivity index (χ4v) is 5.36. The predicted molar refractivity (Wildman–Crippen MR) is 183 cm³/mol. The van der Waals surface area contributed by atoms with Gasteiger partial charge >= 0.3 is 11.9 Å². The molecule has 2 atom stereocenters. The number of nitrogens with one attached hydrogen (secondary N) is 2. The highest BCUT2D eigenvalue weighted by molar-refractivity contribution is 7.98. The molecule has 0 saturated carbocycles. The molecule has 0 aliphatic carbocycles. The lowest BCUT2D eigenvalue weighted by Crippen LogP contribution is -2.42. The van der Waals surface area contributed by atoms with Crippen LogP contribution in [0.2, 0.25) is 0 Å². The van der Waals surface area contributed by atoms with Gasteiger partial charge in [0.15, 0.2) is 12.4 Å². The van der Waals surface area contributed by atoms with Gasteiger partial charge < -0.3 is 24.5 Å². The van der Waals surface area contributed by atoms with Crippen molar-refractivity contribution in [2.24, 2.45) is 0 Å². The molecular weight excluding hydrogens is 639 g/mol. The Morgan fingerprint density at radius 3 is 1.60 bits per heavy atom. The molecule has 12 heteroatoms. The van der Waals surface area contributed by atoms with Gasteiger partial charge in [-0.25, -0.2) is 14.6 Å². The zero-order valence-electron chi connectivity index (χ0n) is 26.2. The molecule has 2 N–H and O–H groups in total. The molecule has 0 radical (unpaired) electrons. The number of carbonyl (C=O) groups is 4. The second-order valence-corrected chi connectivity index (χ2v) is 12.3. The molecule has 246 valence electrons. The van der Waals surface area contributed by atoms with Crippen LogP contribution in [0.1, 0.15) is 45.0 Å². The molecule has 47 heavy (non-hydrogen) atoms. The van der Waals surface area contributed by atoms with Crippen LogP contribution < -0.4 is 10.6 Å². The Bertz CT molecular complexity index is 1500. The number of carbonyl (C=O) groups excluding carboxylic acids is 4. The number of hydrogen-bond donors (Lipinski definition) is 2. The Hall–Kier alpha value is -4.55. The first kappa shape index (κ1) is 35.3. The summed E-state index contributed by atoms with van der Waals surface area (Å²) in [4.78, 5) is 56.6. The van der Waals surface area contributed by atoms with E-state index in [9.17, 15) is 19.2 Å². The van der Waals surface area contributed by atoms with Crippen molar-refractivity contribution in [3.8, 4) is 11.5 Å². The Morgan fingerprint density at radius 1 is 0.681 bits per heavy atom. The summed E-state index contributed by atoms with van der Waals surface area (Å²) in [6.45, 7) is -0.581. The minimum atomic E-state index is -0.890. The summed E-state index contributed by atoms with van der Waals surface area (Å²) in [6.07, 6.45) is 4.55. The Labute approximate surface area is 282 Å². The summed E-state index contributed by atoms with van der Waals surface area (Å²) in [5.74, 6) is -0.341. The van der Waals surface area contributed by atoms with Crippen molar-refractivity contribution in [3.05, 3.63) is 114 Å². The number of amides is 2. The Morgan fingerprint density at radius 2 is 1.13 bits per heavy atom. The number of nitrogens with zero attached hydrogens (tertiary/aromatic N) is 1. The van der Waals surface area contributed by atoms with E-state index in [1.165, 1.54) is 0 Å². The van der Waals surface area contributed by atoms with Crippen LogP contribution in [0, 0.1) is 0 Å². The third-order valence-electron chi connectivity index (χ3n) is 6.97. The lowest BCUT2D eigenvalue weighted by molar-refractivity contribution is -0.149. The lowest BCUT2D eigenvalue weighted by atomic mass is 10.1. The van der Waals surface area contributed by atoms with Gasteiger partial charge in [-0.3, -0.25) is 9.59 Å². The Kier molecular flexibility index (Phi) is 13.9. The van der Waals surface area contributed by atoms with Crippen molar-refractivity contribution >= 4 is 47.3 Å². The van der Waals surface area contributed by atoms with Crippen LogP contribution in [0.15, 0.2) is 95.4 Å². The zero-order chi connectivity index (χ0) is 33.4. The van der Waals surface area contributed by atoms with E-state index in [1.54, 1.807) is 84.2 Å². The summed E-state index contributed by atoms with van der Waals surface area (Å²) >= 11 is 3.09. The first-order valence-electron chi connectivity index (χ1n) is 15.0. The fourth-order valence-electron chi connectivity index (χ4n) is 4.42. The number of oxazole rings is 1. The Balaban J connectivity index is 1.47. The largest absolute Gasteiger partial charge is 0.458 e. The van der Waals surface area contributed by atoms with Gasteiger partial charge in [0.05, 0.1) is 0 Å². The van der Waals surface area contributed by atoms with Crippen LogP contribution in [0.4, 0.5) is 0 Å². The highest BCUT2D eigenvalue weighted by Crippen LogP contribution is 2.24. The molecule has 2 unspecified atom stereocenters. The minimum Gasteiger partial charge on any atom is -0.458 e. The molecule has 2 amide bonds. The highest BCUT2D eigenvalue weighted by Gasteiger charge is 2.27. The number of hydrogen-bond acceptors (Lipinski definition) is 10. The van der Waals surface area contributed by atoms with E-state index < -0.39 is 24.0 Å². The van der Waals surface area contributed by atoms with Crippen LogP contribution in [0.3, 0.4) is 0 Å². The van der Waals surface area contributed by atoms with E-state index >= 15 is 0 Å². The SMILES string of the molecule is CSCCC(NC(=O)c1ccccc1)C(=O)OCc1nc(-c2ccccc2)oc1COC(=O)C(CCSC)NC(=O)c1ccccc1. The number of aromatic nitrogens is 1. The van der Waals surface area contributed by atoms with E-state index in [0.717, 1.165) is 0 Å². The van der Waals surface area contributed by atoms with Gasteiger partial charge in [0.1, 0.15) is 24.4 Å². The van der Waals surface area contributed by atoms with Crippen LogP contribution in [0.25, 0.3) is 11.5 Å². The molecule has 0 aliphatic rings. The average Bonchev–Trinajstić information content (AvgIpc) is 3.53. The molecule has 0 aliphatic heterocycles. The summed E-state index contributed by atoms with van der Waals surface area (Å²) in [6, 6.07) is 24.6. The second-order valence-electron chi connectivity index (χ2n) is 10.3. The topological polar surface area (TPSA) is 137 Å². The number of thioether (sulfide) groups is 2. The van der Waals surface area contributed by atoms with Gasteiger partial charge in [0.25, 0.3) is 11.8 Å². The molecule has 1 heterocycles. The predicted octanol–water partition coefficient (Wildman–Crippen LogP) is 5.53. The molecule has 4 rings (SSSR count). The van der Waals surface area contributed by atoms with Crippen LogP contribution in [0.5, 0.6) is 0 Å². The standard InChI is InChI=1S/C35H37N3O7S2/c1-46-20-18-27(36-31(39)24-12-6-3-7-13-24)34(41)43-22-29-30(45-33(38-29)26-16-10-5-11-17-26)23-44-35(42)28(19-21-47-2)37-32(40)25-14-8-4-9-15-25/h3-17,27-28H,18-23H2,1-2H3,(H,36,39)(H,37,40). The van der Waals surface area contributed by atoms with Gasteiger partial charge in [0, 0.05) is 16.7 Å². The van der Waals surface area contributed by atoms with Crippen LogP contribution in [-0.4, -0.2) is 64.8 Å². The maximum Gasteiger partial charge on any atom is 0.329 e. The van der Waals surface area contributed by atoms with Crippen molar-refractivity contribution in [2.75, 3.05) is 24.0 Å². The molecule has 0 fully saturated rings. The zero-order valence-corrected chi connectivity index (χ0v) is 27.8. The summed E-state index contributed by atoms with van der Waals surface area (Å²) in [5.41, 5.74) is 1.80. The first-order chi connectivity index (χ1) is 22.9. The number of ether oxygens (including phenoxy) is 2. The van der Waals surface area contributed by atoms with Crippen molar-refractivity contribution in [3.63, 3.8) is 0 Å². The van der Waals surface area contributed by atoms with Gasteiger partial charge in [-0.2, -0.15) is 23.5 Å². The average molecular weight is 676 g/mol. The maximum absolute atomic E-state index is 13.2. The van der Waals surface area contributed by atoms with E-state index in [2.05, 4.69) is 15.6 Å². The summed E-state index contributed by atoms with van der Waals surface area (Å²) in [5, 5.41) is 5.54. The number of esters is 2. The maximum atomic E-state index is 13.2. The van der Waals surface area contributed by atoms with E-state index in [0.29, 0.717) is 41.0 Å². The fraction of sp³-hybridized carbons (Fsp3) is 0.286. The van der Waals surface area contributed by atoms with Crippen LogP contribution >= 0.6 is 23.5 Å². The third-order valence-corrected chi connectivity index (χ3v) is 8.26. The second kappa shape index (κ2) is 18.6. The quantitative estimate of drug-likeness (QED) is 0.138. The molecular formula is C35H37N3O7S2. The monoisotopic (exact) mass is 675 g/mol. The van der Waals surface area contributed by atoms with Crippen molar-refractivity contribution in [1.29, 1.82) is 0 Å². The summed E-state index contributed by atoms with van der Waals surface area (Å²) in [7, 11) is 0. The molecule has 4 aromatic rings. The smallest absolute Gasteiger partial charge is 0.329 e. The van der Waals surface area contributed by atoms with Gasteiger partial charge in [0.2, 0.25) is 5.89 Å². The van der Waals surface area contributed by atoms with Gasteiger partial charge in [-0.15, -0.1) is 0 Å². The van der Waals surface area contributed by atoms with E-state index in [4.69, 9.17) is 13.9 Å². The molecule has 1 aromatic heterocycles. The number of benzene rings is 3. The lowest BCUT2D eigenvalue weighted by Gasteiger charge is -2.18. The van der Waals surface area contributed by atoms with E-state index in [-0.39, 0.29) is 42.4 Å². The molecule has 0 saturated heterocycles. The molecule has 3 aromatic carbocycles. The van der Waals surface area contributed by atoms with Crippen molar-refractivity contribution in [2.45, 2.75) is 38.1 Å². The normalized spacial score (nSPS) is 12.0. The number of rotatable bonds is 17. The van der Waals surface area contributed by atoms with E-state index in [1.807, 2.05) is 42.8 Å². The molecule has 10 nitrogen and oxygen atoms in total. The minimum absolute atomic E-state index is 0.192. The van der Waals surface area contributed by atoms with Crippen molar-refractivity contribution < 1.29 is 33.1 Å². The van der Waals surface area contributed by atoms with Gasteiger partial charge in [-0.1, -0.05) is 54.6 Å². The van der Waals surface area contributed by atoms with Gasteiger partial charge in [-0.05, 0) is 73.3 Å². The van der Waals surface area contributed by atoms with Crippen molar-refractivity contribution in [1.82, 2.24) is 15.6 Å². The third kappa shape index (κ3) is 10.8. The summed E-state index contributed by atoms with van der Waals surface area (Å²) < 4.78 is 17.3. The highest BCUT2D eigenvalue weighted by atomic mass is 32.2. The first-order valence-corrected chi connectivity index (χ1v) is 17.7. The van der Waals surface area contributed by atoms with Crippen LogP contribution in [-0.2, 0) is 32.3 Å².